The molecular weight excluding hydrogens is 285 g/mol. The van der Waals surface area contributed by atoms with Crippen molar-refractivity contribution in [3.05, 3.63) is 34.1 Å². The third kappa shape index (κ3) is 3.27. The zero-order valence-electron chi connectivity index (χ0n) is 9.83. The molecule has 1 saturated heterocycles. The van der Waals surface area contributed by atoms with Gasteiger partial charge in [-0.15, -0.1) is 0 Å². The van der Waals surface area contributed by atoms with Crippen molar-refractivity contribution in [3.63, 3.8) is 0 Å². The van der Waals surface area contributed by atoms with Gasteiger partial charge in [0.15, 0.2) is 0 Å². The van der Waals surface area contributed by atoms with Gasteiger partial charge in [0.2, 0.25) is 0 Å². The minimum atomic E-state index is -0.208. The highest BCUT2D eigenvalue weighted by Crippen LogP contribution is 2.24. The van der Waals surface area contributed by atoms with Gasteiger partial charge in [0.1, 0.15) is 5.82 Å². The molecule has 17 heavy (non-hydrogen) atoms. The first-order chi connectivity index (χ1) is 8.06. The second kappa shape index (κ2) is 5.46. The average molecular weight is 302 g/mol. The molecule has 1 aromatic carbocycles. The van der Waals surface area contributed by atoms with Crippen LogP contribution in [0.15, 0.2) is 22.7 Å². The number of benzene rings is 1. The molecule has 2 nitrogen and oxygen atoms in total. The Balaban J connectivity index is 2.00. The summed E-state index contributed by atoms with van der Waals surface area (Å²) in [7, 11) is 0. The Morgan fingerprint density at radius 3 is 2.88 bits per heavy atom. The maximum atomic E-state index is 13.6. The molecule has 0 spiro atoms. The van der Waals surface area contributed by atoms with Crippen molar-refractivity contribution in [3.8, 4) is 0 Å². The smallest absolute Gasteiger partial charge is 0.127 e. The first kappa shape index (κ1) is 13.0. The molecular formula is C13H17BrFNO. The predicted molar refractivity (Wildman–Crippen MR) is 69.3 cm³/mol. The van der Waals surface area contributed by atoms with Crippen LogP contribution >= 0.6 is 15.9 Å². The summed E-state index contributed by atoms with van der Waals surface area (Å²) in [5, 5.41) is 0. The van der Waals surface area contributed by atoms with E-state index in [9.17, 15) is 4.39 Å². The Kier molecular flexibility index (Phi) is 4.17. The summed E-state index contributed by atoms with van der Waals surface area (Å²) in [4.78, 5) is 0. The highest BCUT2D eigenvalue weighted by molar-refractivity contribution is 9.10. The van der Waals surface area contributed by atoms with E-state index in [0.29, 0.717) is 12.0 Å². The summed E-state index contributed by atoms with van der Waals surface area (Å²) in [6.45, 7) is 2.05. The van der Waals surface area contributed by atoms with Crippen molar-refractivity contribution in [2.24, 2.45) is 5.73 Å². The third-order valence-electron chi connectivity index (χ3n) is 3.21. The first-order valence-electron chi connectivity index (χ1n) is 5.91. The van der Waals surface area contributed by atoms with Crippen LogP contribution in [0.2, 0.25) is 0 Å². The fourth-order valence-electron chi connectivity index (χ4n) is 2.22. The van der Waals surface area contributed by atoms with Gasteiger partial charge in [0.05, 0.1) is 12.2 Å². The minimum Gasteiger partial charge on any atom is -0.374 e. The van der Waals surface area contributed by atoms with Crippen LogP contribution in [0.5, 0.6) is 0 Å². The van der Waals surface area contributed by atoms with E-state index in [0.717, 1.165) is 17.3 Å². The molecule has 4 heteroatoms. The van der Waals surface area contributed by atoms with Crippen LogP contribution in [0.3, 0.4) is 0 Å². The zero-order valence-corrected chi connectivity index (χ0v) is 11.4. The fourth-order valence-corrected chi connectivity index (χ4v) is 2.55. The van der Waals surface area contributed by atoms with E-state index in [1.54, 1.807) is 6.07 Å². The van der Waals surface area contributed by atoms with E-state index in [1.165, 1.54) is 6.07 Å². The molecule has 94 valence electrons. The van der Waals surface area contributed by atoms with Crippen molar-refractivity contribution in [1.82, 2.24) is 0 Å². The molecule has 2 N–H and O–H groups in total. The molecule has 1 fully saturated rings. The Morgan fingerprint density at radius 1 is 1.53 bits per heavy atom. The van der Waals surface area contributed by atoms with Crippen molar-refractivity contribution in [2.75, 3.05) is 0 Å². The normalized spacial score (nSPS) is 26.1. The number of hydrogen-bond acceptors (Lipinski definition) is 2. The fraction of sp³-hybridized carbons (Fsp3) is 0.538. The highest BCUT2D eigenvalue weighted by atomic mass is 79.9. The number of hydrogen-bond donors (Lipinski definition) is 1. The van der Waals surface area contributed by atoms with Crippen LogP contribution in [-0.2, 0) is 11.2 Å². The van der Waals surface area contributed by atoms with E-state index in [4.69, 9.17) is 10.5 Å². The molecule has 0 bridgehead atoms. The Hall–Kier alpha value is -0.450. The standard InChI is InChI=1S/C13H17BrFNO/c1-8-2-5-13(17-8)12(16)6-9-3-4-10(14)7-11(9)15/h3-4,7-8,12-13H,2,5-6,16H2,1H3. The number of ether oxygens (including phenoxy) is 1. The highest BCUT2D eigenvalue weighted by Gasteiger charge is 2.27. The lowest BCUT2D eigenvalue weighted by molar-refractivity contribution is 0.0403. The van der Waals surface area contributed by atoms with E-state index in [2.05, 4.69) is 15.9 Å². The van der Waals surface area contributed by atoms with Crippen molar-refractivity contribution in [2.45, 2.75) is 44.4 Å². The van der Waals surface area contributed by atoms with E-state index < -0.39 is 0 Å². The number of nitrogens with two attached hydrogens (primary N) is 1. The van der Waals surface area contributed by atoms with Gasteiger partial charge in [-0.25, -0.2) is 4.39 Å². The Labute approximate surface area is 109 Å². The molecule has 0 radical (unpaired) electrons. The summed E-state index contributed by atoms with van der Waals surface area (Å²) >= 11 is 3.24. The minimum absolute atomic E-state index is 0.0630. The van der Waals surface area contributed by atoms with Gasteiger partial charge in [0.25, 0.3) is 0 Å². The van der Waals surface area contributed by atoms with Gasteiger partial charge in [-0.2, -0.15) is 0 Å². The summed E-state index contributed by atoms with van der Waals surface area (Å²) in [6.07, 6.45) is 2.88. The molecule has 1 aliphatic rings. The SMILES string of the molecule is CC1CCC(C(N)Cc2ccc(Br)cc2F)O1. The van der Waals surface area contributed by atoms with Gasteiger partial charge in [-0.3, -0.25) is 0 Å². The van der Waals surface area contributed by atoms with Crippen LogP contribution in [0.4, 0.5) is 4.39 Å². The quantitative estimate of drug-likeness (QED) is 0.931. The molecule has 2 rings (SSSR count). The van der Waals surface area contributed by atoms with Crippen LogP contribution in [0, 0.1) is 5.82 Å². The topological polar surface area (TPSA) is 35.2 Å². The Morgan fingerprint density at radius 2 is 2.29 bits per heavy atom. The van der Waals surface area contributed by atoms with E-state index in [-0.39, 0.29) is 24.1 Å². The van der Waals surface area contributed by atoms with Crippen molar-refractivity contribution < 1.29 is 9.13 Å². The monoisotopic (exact) mass is 301 g/mol. The van der Waals surface area contributed by atoms with Crippen LogP contribution in [0.25, 0.3) is 0 Å². The second-order valence-electron chi connectivity index (χ2n) is 4.67. The van der Waals surface area contributed by atoms with E-state index in [1.807, 2.05) is 13.0 Å². The third-order valence-corrected chi connectivity index (χ3v) is 3.71. The maximum Gasteiger partial charge on any atom is 0.127 e. The molecule has 1 aromatic rings. The summed E-state index contributed by atoms with van der Waals surface area (Å²) in [5.41, 5.74) is 6.73. The Bertz CT molecular complexity index is 399. The molecule has 0 aromatic heterocycles. The second-order valence-corrected chi connectivity index (χ2v) is 5.58. The van der Waals surface area contributed by atoms with Crippen molar-refractivity contribution >= 4 is 15.9 Å². The predicted octanol–water partition coefficient (Wildman–Crippen LogP) is 3.03. The average Bonchev–Trinajstić information content (AvgIpc) is 2.69. The lowest BCUT2D eigenvalue weighted by Gasteiger charge is -2.19. The van der Waals surface area contributed by atoms with Gasteiger partial charge in [0, 0.05) is 10.5 Å². The molecule has 0 amide bonds. The van der Waals surface area contributed by atoms with Crippen LogP contribution in [0.1, 0.15) is 25.3 Å². The van der Waals surface area contributed by atoms with Gasteiger partial charge in [-0.05, 0) is 43.9 Å². The first-order valence-corrected chi connectivity index (χ1v) is 6.70. The molecule has 1 heterocycles. The summed E-state index contributed by atoms with van der Waals surface area (Å²) in [5.74, 6) is -0.208. The number of rotatable bonds is 3. The van der Waals surface area contributed by atoms with Gasteiger partial charge < -0.3 is 10.5 Å². The van der Waals surface area contributed by atoms with Crippen LogP contribution < -0.4 is 5.73 Å². The van der Waals surface area contributed by atoms with E-state index >= 15 is 0 Å². The van der Waals surface area contributed by atoms with Crippen molar-refractivity contribution in [1.29, 1.82) is 0 Å². The molecule has 3 atom stereocenters. The van der Waals surface area contributed by atoms with Gasteiger partial charge in [-0.1, -0.05) is 22.0 Å². The largest absolute Gasteiger partial charge is 0.374 e. The summed E-state index contributed by atoms with van der Waals surface area (Å²) < 4.78 is 20.1. The molecule has 1 aliphatic heterocycles. The summed E-state index contributed by atoms with van der Waals surface area (Å²) in [6, 6.07) is 4.96. The molecule has 0 saturated carbocycles. The molecule has 0 aliphatic carbocycles. The molecule has 3 unspecified atom stereocenters. The maximum absolute atomic E-state index is 13.6. The van der Waals surface area contributed by atoms with Crippen LogP contribution in [-0.4, -0.2) is 18.2 Å². The lowest BCUT2D eigenvalue weighted by Crippen LogP contribution is -2.36. The lowest BCUT2D eigenvalue weighted by atomic mass is 10.00. The zero-order chi connectivity index (χ0) is 12.4. The van der Waals surface area contributed by atoms with Gasteiger partial charge >= 0.3 is 0 Å². The number of halogens is 2.